The van der Waals surface area contributed by atoms with Crippen molar-refractivity contribution in [2.45, 2.75) is 32.2 Å². The van der Waals surface area contributed by atoms with Crippen molar-refractivity contribution in [1.82, 2.24) is 0 Å². The van der Waals surface area contributed by atoms with Gasteiger partial charge in [-0.15, -0.1) is 0 Å². The van der Waals surface area contributed by atoms with Crippen LogP contribution < -0.4 is 5.73 Å². The average molecular weight is 198 g/mol. The van der Waals surface area contributed by atoms with Crippen molar-refractivity contribution in [3.8, 4) is 0 Å². The highest BCUT2D eigenvalue weighted by atomic mass is 35.5. The highest BCUT2D eigenvalue weighted by molar-refractivity contribution is 6.31. The normalized spacial score (nSPS) is 14.2. The second-order valence-electron chi connectivity index (χ2n) is 4.06. The Morgan fingerprint density at radius 3 is 2.31 bits per heavy atom. The van der Waals surface area contributed by atoms with Gasteiger partial charge in [-0.2, -0.15) is 0 Å². The minimum Gasteiger partial charge on any atom is -0.325 e. The van der Waals surface area contributed by atoms with E-state index < -0.39 is 0 Å². The van der Waals surface area contributed by atoms with Crippen LogP contribution in [-0.2, 0) is 0 Å². The first kappa shape index (κ1) is 10.6. The summed E-state index contributed by atoms with van der Waals surface area (Å²) in [6.45, 7) is 6.13. The summed E-state index contributed by atoms with van der Waals surface area (Å²) in [5, 5.41) is 0.800. The zero-order valence-electron chi connectivity index (χ0n) is 8.34. The lowest BCUT2D eigenvalue weighted by Crippen LogP contribution is -2.37. The van der Waals surface area contributed by atoms with Gasteiger partial charge in [0.25, 0.3) is 0 Å². The molecule has 1 aromatic carbocycles. The number of nitrogens with two attached hydrogens (primary N) is 1. The van der Waals surface area contributed by atoms with E-state index in [1.165, 1.54) is 0 Å². The van der Waals surface area contributed by atoms with Crippen molar-refractivity contribution in [1.29, 1.82) is 0 Å². The average Bonchev–Trinajstić information content (AvgIpc) is 2.02. The van der Waals surface area contributed by atoms with E-state index in [0.717, 1.165) is 10.6 Å². The Balaban J connectivity index is 3.02. The molecule has 13 heavy (non-hydrogen) atoms. The highest BCUT2D eigenvalue weighted by Gasteiger charge is 2.23. The standard InChI is InChI=1S/C11H16ClN/c1-8(11(2,3)13)9-6-4-5-7-10(9)12/h4-8H,13H2,1-3H3. The largest absolute Gasteiger partial charge is 0.325 e. The van der Waals surface area contributed by atoms with Crippen molar-refractivity contribution in [2.75, 3.05) is 0 Å². The molecule has 0 fully saturated rings. The molecule has 1 unspecified atom stereocenters. The van der Waals surface area contributed by atoms with Gasteiger partial charge in [-0.05, 0) is 31.4 Å². The van der Waals surface area contributed by atoms with Crippen LogP contribution >= 0.6 is 11.6 Å². The van der Waals surface area contributed by atoms with Crippen LogP contribution in [0.5, 0.6) is 0 Å². The molecule has 0 heterocycles. The summed E-state index contributed by atoms with van der Waals surface area (Å²) in [4.78, 5) is 0. The Kier molecular flexibility index (Phi) is 2.99. The van der Waals surface area contributed by atoms with Crippen LogP contribution in [0.2, 0.25) is 5.02 Å². The van der Waals surface area contributed by atoms with Gasteiger partial charge in [0.05, 0.1) is 0 Å². The summed E-state index contributed by atoms with van der Waals surface area (Å²) in [5.74, 6) is 0.265. The van der Waals surface area contributed by atoms with Crippen LogP contribution in [0.25, 0.3) is 0 Å². The van der Waals surface area contributed by atoms with Crippen molar-refractivity contribution in [3.63, 3.8) is 0 Å². The molecule has 2 heteroatoms. The summed E-state index contributed by atoms with van der Waals surface area (Å²) in [6, 6.07) is 7.85. The Labute approximate surface area is 84.9 Å². The van der Waals surface area contributed by atoms with Crippen molar-refractivity contribution >= 4 is 11.6 Å². The maximum Gasteiger partial charge on any atom is 0.0441 e. The molecule has 0 radical (unpaired) electrons. The third kappa shape index (κ3) is 2.45. The van der Waals surface area contributed by atoms with Gasteiger partial charge in [-0.25, -0.2) is 0 Å². The van der Waals surface area contributed by atoms with Gasteiger partial charge in [0.15, 0.2) is 0 Å². The van der Waals surface area contributed by atoms with Gasteiger partial charge >= 0.3 is 0 Å². The Morgan fingerprint density at radius 1 is 1.31 bits per heavy atom. The summed E-state index contributed by atoms with van der Waals surface area (Å²) in [5.41, 5.74) is 6.91. The van der Waals surface area contributed by atoms with E-state index in [-0.39, 0.29) is 11.5 Å². The van der Waals surface area contributed by atoms with E-state index in [1.54, 1.807) is 0 Å². The van der Waals surface area contributed by atoms with Gasteiger partial charge in [0.1, 0.15) is 0 Å². The lowest BCUT2D eigenvalue weighted by Gasteiger charge is -2.28. The van der Waals surface area contributed by atoms with Gasteiger partial charge in [0, 0.05) is 10.6 Å². The minimum atomic E-state index is -0.231. The van der Waals surface area contributed by atoms with E-state index in [1.807, 2.05) is 38.1 Å². The van der Waals surface area contributed by atoms with Crippen LogP contribution in [0.4, 0.5) is 0 Å². The quantitative estimate of drug-likeness (QED) is 0.775. The molecule has 0 aromatic heterocycles. The molecule has 0 saturated carbocycles. The molecule has 0 aliphatic carbocycles. The Bertz CT molecular complexity index is 288. The van der Waals surface area contributed by atoms with E-state index >= 15 is 0 Å². The molecular weight excluding hydrogens is 182 g/mol. The second kappa shape index (κ2) is 3.69. The maximum absolute atomic E-state index is 6.07. The van der Waals surface area contributed by atoms with Crippen LogP contribution in [-0.4, -0.2) is 5.54 Å². The fourth-order valence-electron chi connectivity index (χ4n) is 1.23. The number of hydrogen-bond acceptors (Lipinski definition) is 1. The molecule has 0 spiro atoms. The van der Waals surface area contributed by atoms with Crippen molar-refractivity contribution in [2.24, 2.45) is 5.73 Å². The second-order valence-corrected chi connectivity index (χ2v) is 4.47. The lowest BCUT2D eigenvalue weighted by atomic mass is 9.84. The minimum absolute atomic E-state index is 0.231. The van der Waals surface area contributed by atoms with Crippen molar-refractivity contribution in [3.05, 3.63) is 34.9 Å². The third-order valence-corrected chi connectivity index (χ3v) is 2.83. The van der Waals surface area contributed by atoms with Gasteiger partial charge < -0.3 is 5.73 Å². The lowest BCUT2D eigenvalue weighted by molar-refractivity contribution is 0.435. The number of halogens is 1. The zero-order valence-corrected chi connectivity index (χ0v) is 9.10. The first-order valence-corrected chi connectivity index (χ1v) is 4.84. The summed E-state index contributed by atoms with van der Waals surface area (Å²) >= 11 is 6.07. The molecule has 1 atom stereocenters. The topological polar surface area (TPSA) is 26.0 Å². The monoisotopic (exact) mass is 197 g/mol. The summed E-state index contributed by atoms with van der Waals surface area (Å²) < 4.78 is 0. The number of benzene rings is 1. The molecule has 0 aliphatic heterocycles. The van der Waals surface area contributed by atoms with E-state index in [2.05, 4.69) is 6.92 Å². The summed E-state index contributed by atoms with van der Waals surface area (Å²) in [6.07, 6.45) is 0. The molecule has 0 saturated heterocycles. The molecule has 0 amide bonds. The number of hydrogen-bond donors (Lipinski definition) is 1. The van der Waals surface area contributed by atoms with Gasteiger partial charge in [-0.3, -0.25) is 0 Å². The van der Waals surface area contributed by atoms with Crippen LogP contribution in [0.3, 0.4) is 0 Å². The van der Waals surface area contributed by atoms with Crippen LogP contribution in [0.1, 0.15) is 32.3 Å². The first-order valence-electron chi connectivity index (χ1n) is 4.46. The van der Waals surface area contributed by atoms with E-state index in [9.17, 15) is 0 Å². The molecule has 1 rings (SSSR count). The van der Waals surface area contributed by atoms with Crippen LogP contribution in [0, 0.1) is 0 Å². The Morgan fingerprint density at radius 2 is 1.85 bits per heavy atom. The smallest absolute Gasteiger partial charge is 0.0441 e. The van der Waals surface area contributed by atoms with Crippen LogP contribution in [0.15, 0.2) is 24.3 Å². The zero-order chi connectivity index (χ0) is 10.1. The molecule has 72 valence electrons. The number of rotatable bonds is 2. The maximum atomic E-state index is 6.07. The SMILES string of the molecule is CC(c1ccccc1Cl)C(C)(C)N. The van der Waals surface area contributed by atoms with Gasteiger partial charge in [-0.1, -0.05) is 36.7 Å². The first-order chi connectivity index (χ1) is 5.93. The predicted octanol–water partition coefficient (Wildman–Crippen LogP) is 3.18. The third-order valence-electron chi connectivity index (χ3n) is 2.49. The fraction of sp³-hybridized carbons (Fsp3) is 0.455. The molecule has 0 aliphatic rings. The highest BCUT2D eigenvalue weighted by Crippen LogP contribution is 2.30. The van der Waals surface area contributed by atoms with E-state index in [0.29, 0.717) is 0 Å². The van der Waals surface area contributed by atoms with Crippen molar-refractivity contribution < 1.29 is 0 Å². The molecular formula is C11H16ClN. The predicted molar refractivity (Wildman–Crippen MR) is 58.1 cm³/mol. The Hall–Kier alpha value is -0.530. The van der Waals surface area contributed by atoms with Gasteiger partial charge in [0.2, 0.25) is 0 Å². The molecule has 0 bridgehead atoms. The molecule has 2 N–H and O–H groups in total. The van der Waals surface area contributed by atoms with E-state index in [4.69, 9.17) is 17.3 Å². The summed E-state index contributed by atoms with van der Waals surface area (Å²) in [7, 11) is 0. The molecule has 1 nitrogen and oxygen atoms in total. The fourth-order valence-corrected chi connectivity index (χ4v) is 1.53. The molecule has 1 aromatic rings.